The second-order valence-electron chi connectivity index (χ2n) is 7.74. The lowest BCUT2D eigenvalue weighted by atomic mass is 10.1. The Morgan fingerprint density at radius 2 is 1.81 bits per heavy atom. The second-order valence-corrected chi connectivity index (χ2v) is 7.74. The van der Waals surface area contributed by atoms with Gasteiger partial charge >= 0.3 is 0 Å². The van der Waals surface area contributed by atoms with Gasteiger partial charge in [-0.15, -0.1) is 0 Å². The fourth-order valence-electron chi connectivity index (χ4n) is 3.28. The van der Waals surface area contributed by atoms with Crippen molar-refractivity contribution in [2.45, 2.75) is 6.92 Å². The molecule has 0 radical (unpaired) electrons. The number of aryl methyl sites for hydroxylation is 1. The van der Waals surface area contributed by atoms with Gasteiger partial charge in [0.2, 0.25) is 0 Å². The maximum Gasteiger partial charge on any atom is 0.251 e. The second kappa shape index (κ2) is 8.97. The van der Waals surface area contributed by atoms with Gasteiger partial charge in [0.25, 0.3) is 5.91 Å². The molecule has 0 spiro atoms. The number of hydrogen-bond donors (Lipinski definition) is 2. The summed E-state index contributed by atoms with van der Waals surface area (Å²) >= 11 is 0. The molecule has 2 aromatic heterocycles. The van der Waals surface area contributed by atoms with E-state index in [1.807, 2.05) is 53.9 Å². The summed E-state index contributed by atoms with van der Waals surface area (Å²) in [5, 5.41) is 6.40. The van der Waals surface area contributed by atoms with Crippen molar-refractivity contribution in [1.82, 2.24) is 24.6 Å². The van der Waals surface area contributed by atoms with Gasteiger partial charge in [-0.25, -0.2) is 4.98 Å². The molecule has 2 N–H and O–H groups in total. The molecule has 0 saturated heterocycles. The number of benzene rings is 2. The van der Waals surface area contributed by atoms with Crippen LogP contribution in [-0.2, 0) is 0 Å². The molecule has 4 rings (SSSR count). The largest absolute Gasteiger partial charge is 0.351 e. The van der Waals surface area contributed by atoms with E-state index in [2.05, 4.69) is 46.8 Å². The van der Waals surface area contributed by atoms with E-state index in [9.17, 15) is 4.79 Å². The van der Waals surface area contributed by atoms with Crippen molar-refractivity contribution in [3.05, 3.63) is 78.2 Å². The van der Waals surface area contributed by atoms with Crippen LogP contribution in [0.4, 0.5) is 11.5 Å². The number of rotatable bonds is 7. The van der Waals surface area contributed by atoms with Gasteiger partial charge in [-0.3, -0.25) is 14.2 Å². The maximum atomic E-state index is 12.3. The first-order valence-corrected chi connectivity index (χ1v) is 10.2. The van der Waals surface area contributed by atoms with Crippen LogP contribution < -0.4 is 10.6 Å². The number of amides is 1. The van der Waals surface area contributed by atoms with Crippen LogP contribution in [0, 0.1) is 6.92 Å². The lowest BCUT2D eigenvalue weighted by Crippen LogP contribution is -2.31. The van der Waals surface area contributed by atoms with Gasteiger partial charge < -0.3 is 15.5 Å². The third-order valence-electron chi connectivity index (χ3n) is 5.01. The molecule has 158 valence electrons. The number of nitrogens with one attached hydrogen (secondary N) is 2. The fourth-order valence-corrected chi connectivity index (χ4v) is 3.28. The minimum atomic E-state index is -0.0744. The smallest absolute Gasteiger partial charge is 0.251 e. The molecule has 0 atom stereocenters. The van der Waals surface area contributed by atoms with Crippen molar-refractivity contribution in [2.24, 2.45) is 0 Å². The molecule has 0 aliphatic carbocycles. The zero-order chi connectivity index (χ0) is 21.8. The highest BCUT2D eigenvalue weighted by molar-refractivity contribution is 5.94. The van der Waals surface area contributed by atoms with Crippen LogP contribution in [-0.4, -0.2) is 52.4 Å². The average Bonchev–Trinajstić information content (AvgIpc) is 3.13. The van der Waals surface area contributed by atoms with E-state index in [4.69, 9.17) is 4.98 Å². The first kappa shape index (κ1) is 20.6. The fraction of sp³-hybridized carbons (Fsp3) is 0.208. The van der Waals surface area contributed by atoms with Gasteiger partial charge in [0.05, 0.1) is 6.20 Å². The van der Waals surface area contributed by atoms with Gasteiger partial charge in [-0.05, 0) is 45.3 Å². The summed E-state index contributed by atoms with van der Waals surface area (Å²) in [6.07, 6.45) is 5.36. The number of likely N-dealkylation sites (N-methyl/N-ethyl adjacent to an activating group) is 1. The maximum absolute atomic E-state index is 12.3. The molecule has 0 unspecified atom stereocenters. The van der Waals surface area contributed by atoms with E-state index in [1.165, 1.54) is 5.56 Å². The van der Waals surface area contributed by atoms with Gasteiger partial charge in [0, 0.05) is 42.3 Å². The van der Waals surface area contributed by atoms with Crippen LogP contribution in [0.15, 0.2) is 67.1 Å². The van der Waals surface area contributed by atoms with Crippen LogP contribution in [0.1, 0.15) is 15.9 Å². The number of aromatic nitrogens is 3. The number of hydrogen-bond acceptors (Lipinski definition) is 5. The van der Waals surface area contributed by atoms with Crippen molar-refractivity contribution in [1.29, 1.82) is 0 Å². The van der Waals surface area contributed by atoms with E-state index >= 15 is 0 Å². The van der Waals surface area contributed by atoms with Crippen molar-refractivity contribution in [3.63, 3.8) is 0 Å². The van der Waals surface area contributed by atoms with E-state index in [0.29, 0.717) is 12.1 Å². The van der Waals surface area contributed by atoms with Crippen molar-refractivity contribution >= 4 is 23.1 Å². The Balaban J connectivity index is 1.59. The Morgan fingerprint density at radius 3 is 2.52 bits per heavy atom. The summed E-state index contributed by atoms with van der Waals surface area (Å²) in [5.41, 5.74) is 5.33. The monoisotopic (exact) mass is 414 g/mol. The van der Waals surface area contributed by atoms with E-state index in [1.54, 1.807) is 12.4 Å². The Kier molecular flexibility index (Phi) is 5.95. The molecule has 31 heavy (non-hydrogen) atoms. The predicted octanol–water partition coefficient (Wildman–Crippen LogP) is 3.74. The van der Waals surface area contributed by atoms with Crippen molar-refractivity contribution in [2.75, 3.05) is 32.5 Å². The third kappa shape index (κ3) is 4.73. The topological polar surface area (TPSA) is 74.6 Å². The Hall–Kier alpha value is -3.71. The molecule has 1 amide bonds. The molecular weight excluding hydrogens is 388 g/mol. The zero-order valence-corrected chi connectivity index (χ0v) is 18.0. The highest BCUT2D eigenvalue weighted by Crippen LogP contribution is 2.31. The van der Waals surface area contributed by atoms with Crippen LogP contribution in [0.25, 0.3) is 16.9 Å². The summed E-state index contributed by atoms with van der Waals surface area (Å²) in [4.78, 5) is 23.3. The van der Waals surface area contributed by atoms with Gasteiger partial charge in [-0.2, -0.15) is 0 Å². The lowest BCUT2D eigenvalue weighted by molar-refractivity contribution is 0.0951. The third-order valence-corrected chi connectivity index (χ3v) is 5.01. The molecule has 7 nitrogen and oxygen atoms in total. The summed E-state index contributed by atoms with van der Waals surface area (Å²) in [6.45, 7) is 3.48. The minimum absolute atomic E-state index is 0.0744. The van der Waals surface area contributed by atoms with Gasteiger partial charge in [-0.1, -0.05) is 29.8 Å². The summed E-state index contributed by atoms with van der Waals surface area (Å²) in [5.74, 6) is 0.777. The number of anilines is 2. The molecule has 2 aromatic carbocycles. The van der Waals surface area contributed by atoms with Crippen LogP contribution in [0.5, 0.6) is 0 Å². The number of nitrogens with zero attached hydrogens (tertiary/aromatic N) is 4. The van der Waals surface area contributed by atoms with Gasteiger partial charge in [0.1, 0.15) is 11.5 Å². The summed E-state index contributed by atoms with van der Waals surface area (Å²) in [6, 6.07) is 15.7. The Morgan fingerprint density at radius 1 is 1.06 bits per heavy atom. The summed E-state index contributed by atoms with van der Waals surface area (Å²) < 4.78 is 1.98. The zero-order valence-electron chi connectivity index (χ0n) is 18.0. The van der Waals surface area contributed by atoms with Crippen LogP contribution in [0.3, 0.4) is 0 Å². The molecular formula is C24H26N6O. The minimum Gasteiger partial charge on any atom is -0.351 e. The number of carbonyl (C=O) groups is 1. The van der Waals surface area contributed by atoms with Crippen LogP contribution in [0.2, 0.25) is 0 Å². The molecule has 4 aromatic rings. The number of carbonyl (C=O) groups excluding carboxylic acids is 1. The quantitative estimate of drug-likeness (QED) is 0.482. The van der Waals surface area contributed by atoms with E-state index < -0.39 is 0 Å². The average molecular weight is 415 g/mol. The van der Waals surface area contributed by atoms with Crippen LogP contribution >= 0.6 is 0 Å². The van der Waals surface area contributed by atoms with Gasteiger partial charge in [0.15, 0.2) is 5.65 Å². The molecule has 0 saturated carbocycles. The first-order valence-electron chi connectivity index (χ1n) is 10.2. The Bertz CT molecular complexity index is 1180. The normalized spacial score (nSPS) is 11.1. The highest BCUT2D eigenvalue weighted by Gasteiger charge is 2.15. The molecule has 7 heteroatoms. The predicted molar refractivity (Wildman–Crippen MR) is 124 cm³/mol. The SMILES string of the molecule is Cc1ccc(-c2nc3cnccn3c2Nc2ccc(C(=O)NCCN(C)C)cc2)cc1. The molecule has 2 heterocycles. The molecule has 0 fully saturated rings. The number of imidazole rings is 1. The molecule has 0 aliphatic heterocycles. The van der Waals surface area contributed by atoms with Crippen molar-refractivity contribution in [3.8, 4) is 11.3 Å². The van der Waals surface area contributed by atoms with E-state index in [0.717, 1.165) is 35.0 Å². The number of fused-ring (bicyclic) bond motifs is 1. The summed E-state index contributed by atoms with van der Waals surface area (Å²) in [7, 11) is 3.96. The molecule has 0 aliphatic rings. The standard InChI is InChI=1S/C24H26N6O/c1-17-4-6-18(7-5-17)22-23(30-15-12-25-16-21(30)28-22)27-20-10-8-19(9-11-20)24(31)26-13-14-29(2)3/h4-12,15-16,27H,13-14H2,1-3H3,(H,26,31). The Labute approximate surface area is 181 Å². The molecule has 0 bridgehead atoms. The van der Waals surface area contributed by atoms with E-state index in [-0.39, 0.29) is 5.91 Å². The highest BCUT2D eigenvalue weighted by atomic mass is 16.1. The first-order chi connectivity index (χ1) is 15.0. The lowest BCUT2D eigenvalue weighted by Gasteiger charge is -2.11. The van der Waals surface area contributed by atoms with Crippen molar-refractivity contribution < 1.29 is 4.79 Å².